The SMILES string of the molecule is COc1ccc([C@@H]2c3cc4c(cc3C[C@H]3COC(=O)[C@@H]32)OCO4)cc1OC. The highest BCUT2D eigenvalue weighted by Crippen LogP contribution is 2.51. The number of hydrogen-bond donors (Lipinski definition) is 0. The molecule has 1 aliphatic carbocycles. The number of carbonyl (C=O) groups is 1. The van der Waals surface area contributed by atoms with E-state index in [4.69, 9.17) is 23.7 Å². The zero-order valence-corrected chi connectivity index (χ0v) is 15.2. The number of cyclic esters (lactones) is 1. The molecule has 27 heavy (non-hydrogen) atoms. The van der Waals surface area contributed by atoms with Crippen LogP contribution in [0.15, 0.2) is 30.3 Å². The Morgan fingerprint density at radius 1 is 0.963 bits per heavy atom. The number of methoxy groups -OCH3 is 2. The monoisotopic (exact) mass is 368 g/mol. The van der Waals surface area contributed by atoms with Crippen molar-refractivity contribution >= 4 is 5.97 Å². The molecule has 0 amide bonds. The van der Waals surface area contributed by atoms with Gasteiger partial charge < -0.3 is 23.7 Å². The molecule has 1 saturated heterocycles. The van der Waals surface area contributed by atoms with Crippen LogP contribution < -0.4 is 18.9 Å². The minimum atomic E-state index is -0.212. The van der Waals surface area contributed by atoms with Crippen LogP contribution in [0.2, 0.25) is 0 Å². The topological polar surface area (TPSA) is 63.2 Å². The van der Waals surface area contributed by atoms with Crippen LogP contribution in [0.3, 0.4) is 0 Å². The van der Waals surface area contributed by atoms with E-state index in [2.05, 4.69) is 0 Å². The molecular weight excluding hydrogens is 348 g/mol. The summed E-state index contributed by atoms with van der Waals surface area (Å²) < 4.78 is 27.4. The summed E-state index contributed by atoms with van der Waals surface area (Å²) in [4.78, 5) is 12.6. The maximum atomic E-state index is 12.6. The second-order valence-corrected chi connectivity index (χ2v) is 7.12. The average Bonchev–Trinajstić information content (AvgIpc) is 3.30. The molecule has 2 aromatic carbocycles. The van der Waals surface area contributed by atoms with Crippen molar-refractivity contribution < 1.29 is 28.5 Å². The molecule has 2 aromatic rings. The number of fused-ring (bicyclic) bond motifs is 3. The molecule has 6 heteroatoms. The summed E-state index contributed by atoms with van der Waals surface area (Å²) in [6.07, 6.45) is 0.798. The molecule has 2 heterocycles. The summed E-state index contributed by atoms with van der Waals surface area (Å²) in [6, 6.07) is 9.89. The fraction of sp³-hybridized carbons (Fsp3) is 0.381. The lowest BCUT2D eigenvalue weighted by Gasteiger charge is -2.33. The fourth-order valence-electron chi connectivity index (χ4n) is 4.55. The van der Waals surface area contributed by atoms with Crippen LogP contribution >= 0.6 is 0 Å². The molecule has 3 aliphatic rings. The van der Waals surface area contributed by atoms with Crippen molar-refractivity contribution in [3.63, 3.8) is 0 Å². The van der Waals surface area contributed by atoms with E-state index in [1.54, 1.807) is 14.2 Å². The van der Waals surface area contributed by atoms with Gasteiger partial charge in [0.05, 0.1) is 26.7 Å². The fourth-order valence-corrected chi connectivity index (χ4v) is 4.55. The van der Waals surface area contributed by atoms with E-state index in [-0.39, 0.29) is 30.5 Å². The molecule has 0 N–H and O–H groups in total. The highest BCUT2D eigenvalue weighted by Gasteiger charge is 2.48. The smallest absolute Gasteiger partial charge is 0.310 e. The summed E-state index contributed by atoms with van der Waals surface area (Å²) in [6.45, 7) is 0.690. The van der Waals surface area contributed by atoms with Gasteiger partial charge in [-0.25, -0.2) is 0 Å². The average molecular weight is 368 g/mol. The van der Waals surface area contributed by atoms with Gasteiger partial charge in [-0.15, -0.1) is 0 Å². The quantitative estimate of drug-likeness (QED) is 0.777. The predicted molar refractivity (Wildman–Crippen MR) is 95.6 cm³/mol. The molecule has 5 rings (SSSR count). The van der Waals surface area contributed by atoms with Crippen molar-refractivity contribution in [1.29, 1.82) is 0 Å². The predicted octanol–water partition coefficient (Wildman–Crippen LogP) is 2.91. The second-order valence-electron chi connectivity index (χ2n) is 7.12. The third-order valence-corrected chi connectivity index (χ3v) is 5.80. The maximum absolute atomic E-state index is 12.6. The molecule has 0 saturated carbocycles. The first-order chi connectivity index (χ1) is 13.2. The summed E-state index contributed by atoms with van der Waals surface area (Å²) in [5.41, 5.74) is 3.27. The zero-order valence-electron chi connectivity index (χ0n) is 15.2. The van der Waals surface area contributed by atoms with Crippen LogP contribution in [0.25, 0.3) is 0 Å². The first kappa shape index (κ1) is 16.3. The number of esters is 1. The lowest BCUT2D eigenvalue weighted by Crippen LogP contribution is -2.31. The minimum Gasteiger partial charge on any atom is -0.493 e. The normalized spacial score (nSPS) is 24.8. The Labute approximate surface area is 156 Å². The molecule has 0 radical (unpaired) electrons. The van der Waals surface area contributed by atoms with Crippen molar-refractivity contribution in [2.24, 2.45) is 11.8 Å². The standard InChI is InChI=1S/C21H20O6/c1-23-15-4-3-11(6-16(15)24-2)19-14-8-18-17(26-10-27-18)7-12(14)5-13-9-25-21(22)20(13)19/h3-4,6-8,13,19-20H,5,9-10H2,1-2H3/t13-,19+,20-/m0/s1. The molecule has 0 unspecified atom stereocenters. The van der Waals surface area contributed by atoms with Crippen molar-refractivity contribution in [3.8, 4) is 23.0 Å². The number of rotatable bonds is 3. The van der Waals surface area contributed by atoms with Crippen molar-refractivity contribution in [2.75, 3.05) is 27.6 Å². The van der Waals surface area contributed by atoms with Crippen molar-refractivity contribution in [2.45, 2.75) is 12.3 Å². The molecule has 0 aromatic heterocycles. The number of ether oxygens (including phenoxy) is 5. The first-order valence-electron chi connectivity index (χ1n) is 9.00. The Morgan fingerprint density at radius 3 is 2.52 bits per heavy atom. The van der Waals surface area contributed by atoms with Crippen molar-refractivity contribution in [3.05, 3.63) is 47.0 Å². The Kier molecular flexibility index (Phi) is 3.67. The highest BCUT2D eigenvalue weighted by atomic mass is 16.7. The van der Waals surface area contributed by atoms with Gasteiger partial charge in [-0.05, 0) is 47.4 Å². The number of benzene rings is 2. The van der Waals surface area contributed by atoms with Crippen LogP contribution in [-0.4, -0.2) is 33.6 Å². The van der Waals surface area contributed by atoms with E-state index >= 15 is 0 Å². The van der Waals surface area contributed by atoms with E-state index in [9.17, 15) is 4.79 Å². The molecule has 0 bridgehead atoms. The van der Waals surface area contributed by atoms with Crippen LogP contribution in [0, 0.1) is 11.8 Å². The van der Waals surface area contributed by atoms with Gasteiger partial charge in [0.15, 0.2) is 23.0 Å². The Bertz CT molecular complexity index is 921. The highest BCUT2D eigenvalue weighted by molar-refractivity contribution is 5.78. The van der Waals surface area contributed by atoms with Crippen LogP contribution in [0.4, 0.5) is 0 Å². The third kappa shape index (κ3) is 2.43. The second kappa shape index (κ2) is 6.08. The Morgan fingerprint density at radius 2 is 1.74 bits per heavy atom. The summed E-state index contributed by atoms with van der Waals surface area (Å²) >= 11 is 0. The first-order valence-corrected chi connectivity index (χ1v) is 9.00. The zero-order chi connectivity index (χ0) is 18.5. The van der Waals surface area contributed by atoms with E-state index < -0.39 is 0 Å². The number of carbonyl (C=O) groups excluding carboxylic acids is 1. The third-order valence-electron chi connectivity index (χ3n) is 5.80. The van der Waals surface area contributed by atoms with E-state index in [1.165, 1.54) is 5.56 Å². The largest absolute Gasteiger partial charge is 0.493 e. The van der Waals surface area contributed by atoms with Gasteiger partial charge in [0.25, 0.3) is 0 Å². The molecule has 2 aliphatic heterocycles. The Hall–Kier alpha value is -2.89. The maximum Gasteiger partial charge on any atom is 0.310 e. The van der Waals surface area contributed by atoms with E-state index in [0.29, 0.717) is 18.1 Å². The van der Waals surface area contributed by atoms with Gasteiger partial charge in [0, 0.05) is 11.8 Å². The van der Waals surface area contributed by atoms with Crippen LogP contribution in [0.1, 0.15) is 22.6 Å². The Balaban J connectivity index is 1.68. The van der Waals surface area contributed by atoms with Gasteiger partial charge in [-0.1, -0.05) is 6.07 Å². The van der Waals surface area contributed by atoms with Gasteiger partial charge in [-0.2, -0.15) is 0 Å². The molecular formula is C21H20O6. The van der Waals surface area contributed by atoms with Gasteiger partial charge in [-0.3, -0.25) is 4.79 Å². The lowest BCUT2D eigenvalue weighted by atomic mass is 9.67. The summed E-state index contributed by atoms with van der Waals surface area (Å²) in [5.74, 6) is 2.48. The number of hydrogen-bond acceptors (Lipinski definition) is 6. The molecule has 3 atom stereocenters. The minimum absolute atomic E-state index is 0.122. The molecule has 6 nitrogen and oxygen atoms in total. The van der Waals surface area contributed by atoms with Crippen LogP contribution in [0.5, 0.6) is 23.0 Å². The molecule has 0 spiro atoms. The molecule has 1 fully saturated rings. The van der Waals surface area contributed by atoms with E-state index in [0.717, 1.165) is 29.0 Å². The van der Waals surface area contributed by atoms with E-state index in [1.807, 2.05) is 30.3 Å². The van der Waals surface area contributed by atoms with Crippen molar-refractivity contribution in [1.82, 2.24) is 0 Å². The van der Waals surface area contributed by atoms with Gasteiger partial charge in [0.2, 0.25) is 6.79 Å². The van der Waals surface area contributed by atoms with Gasteiger partial charge >= 0.3 is 5.97 Å². The summed E-state index contributed by atoms with van der Waals surface area (Å²) in [5, 5.41) is 0. The lowest BCUT2D eigenvalue weighted by molar-refractivity contribution is -0.141. The summed E-state index contributed by atoms with van der Waals surface area (Å²) in [7, 11) is 3.22. The molecule has 140 valence electrons. The van der Waals surface area contributed by atoms with Gasteiger partial charge in [0.1, 0.15) is 0 Å². The van der Waals surface area contributed by atoms with Crippen LogP contribution in [-0.2, 0) is 16.0 Å².